The summed E-state index contributed by atoms with van der Waals surface area (Å²) in [6.45, 7) is 2.01. The van der Waals surface area contributed by atoms with Crippen LogP contribution in [-0.2, 0) is 0 Å². The third kappa shape index (κ3) is 3.48. The van der Waals surface area contributed by atoms with Crippen molar-refractivity contribution in [2.45, 2.75) is 13.0 Å². The predicted octanol–water partition coefficient (Wildman–Crippen LogP) is 3.77. The molecule has 96 valence electrons. The maximum absolute atomic E-state index is 10.5. The average molecular weight is 254 g/mol. The number of aliphatic imine (C=N–C) groups is 1. The molecule has 2 aromatic carbocycles. The van der Waals surface area contributed by atoms with Crippen molar-refractivity contribution in [1.82, 2.24) is 0 Å². The summed E-state index contributed by atoms with van der Waals surface area (Å²) in [5.41, 5.74) is 2.09. The molecule has 4 nitrogen and oxygen atoms in total. The van der Waals surface area contributed by atoms with Gasteiger partial charge in [-0.05, 0) is 30.2 Å². The van der Waals surface area contributed by atoms with Crippen molar-refractivity contribution in [3.63, 3.8) is 0 Å². The fraction of sp³-hybridized carbons (Fsp3) is 0.133. The summed E-state index contributed by atoms with van der Waals surface area (Å²) in [4.78, 5) is 14.6. The Morgan fingerprint density at radius 2 is 1.74 bits per heavy atom. The maximum Gasteiger partial charge on any atom is 0.269 e. The summed E-state index contributed by atoms with van der Waals surface area (Å²) >= 11 is 0. The van der Waals surface area contributed by atoms with E-state index in [0.29, 0.717) is 0 Å². The molecular formula is C15H14N2O2. The smallest absolute Gasteiger partial charge is 0.269 e. The summed E-state index contributed by atoms with van der Waals surface area (Å²) in [5, 5.41) is 10.5. The van der Waals surface area contributed by atoms with Gasteiger partial charge >= 0.3 is 0 Å². The highest BCUT2D eigenvalue weighted by Crippen LogP contribution is 2.16. The van der Waals surface area contributed by atoms with Gasteiger partial charge in [-0.15, -0.1) is 0 Å². The zero-order chi connectivity index (χ0) is 13.7. The van der Waals surface area contributed by atoms with E-state index in [0.717, 1.165) is 11.1 Å². The Hall–Kier alpha value is -2.49. The molecule has 0 N–H and O–H groups in total. The lowest BCUT2D eigenvalue weighted by atomic mass is 10.1. The van der Waals surface area contributed by atoms with E-state index >= 15 is 0 Å². The first-order valence-electron chi connectivity index (χ1n) is 5.99. The lowest BCUT2D eigenvalue weighted by molar-refractivity contribution is -0.384. The van der Waals surface area contributed by atoms with Gasteiger partial charge < -0.3 is 0 Å². The second-order valence-electron chi connectivity index (χ2n) is 4.21. The van der Waals surface area contributed by atoms with Crippen molar-refractivity contribution in [1.29, 1.82) is 0 Å². The molecule has 0 saturated carbocycles. The molecule has 1 atom stereocenters. The van der Waals surface area contributed by atoms with Crippen LogP contribution in [0.4, 0.5) is 5.69 Å². The van der Waals surface area contributed by atoms with Gasteiger partial charge in [-0.1, -0.05) is 30.3 Å². The van der Waals surface area contributed by atoms with Crippen LogP contribution in [-0.4, -0.2) is 11.1 Å². The van der Waals surface area contributed by atoms with Gasteiger partial charge in [0, 0.05) is 18.3 Å². The van der Waals surface area contributed by atoms with Crippen molar-refractivity contribution in [2.24, 2.45) is 4.99 Å². The van der Waals surface area contributed by atoms with Gasteiger partial charge in [0.15, 0.2) is 0 Å². The molecule has 2 aromatic rings. The Balaban J connectivity index is 2.08. The van der Waals surface area contributed by atoms with E-state index in [1.54, 1.807) is 18.3 Å². The number of nitrogens with zero attached hydrogens (tertiary/aromatic N) is 2. The SMILES string of the molecule is C[C@H](N=Cc1ccc([N+](=O)[O-])cc1)c1ccccc1. The highest BCUT2D eigenvalue weighted by Gasteiger charge is 2.03. The lowest BCUT2D eigenvalue weighted by Crippen LogP contribution is -1.91. The summed E-state index contributed by atoms with van der Waals surface area (Å²) in [7, 11) is 0. The van der Waals surface area contributed by atoms with Gasteiger partial charge in [0.05, 0.1) is 11.0 Å². The molecule has 0 fully saturated rings. The summed E-state index contributed by atoms with van der Waals surface area (Å²) in [6, 6.07) is 16.4. The van der Waals surface area contributed by atoms with Gasteiger partial charge in [-0.2, -0.15) is 0 Å². The van der Waals surface area contributed by atoms with E-state index in [1.807, 2.05) is 37.3 Å². The third-order valence-electron chi connectivity index (χ3n) is 2.83. The number of non-ortho nitro benzene ring substituents is 1. The van der Waals surface area contributed by atoms with Crippen LogP contribution < -0.4 is 0 Å². The zero-order valence-electron chi connectivity index (χ0n) is 10.6. The van der Waals surface area contributed by atoms with E-state index in [2.05, 4.69) is 4.99 Å². The molecule has 0 radical (unpaired) electrons. The Kier molecular flexibility index (Phi) is 4.03. The molecule has 0 amide bonds. The highest BCUT2D eigenvalue weighted by atomic mass is 16.6. The molecule has 0 unspecified atom stereocenters. The van der Waals surface area contributed by atoms with Crippen LogP contribution in [0, 0.1) is 10.1 Å². The maximum atomic E-state index is 10.5. The minimum Gasteiger partial charge on any atom is -0.285 e. The molecule has 0 heterocycles. The Morgan fingerprint density at radius 3 is 2.32 bits per heavy atom. The van der Waals surface area contributed by atoms with Crippen LogP contribution in [0.15, 0.2) is 59.6 Å². The summed E-state index contributed by atoms with van der Waals surface area (Å²) < 4.78 is 0. The number of nitro benzene ring substituents is 1. The third-order valence-corrected chi connectivity index (χ3v) is 2.83. The van der Waals surface area contributed by atoms with E-state index in [1.165, 1.54) is 12.1 Å². The van der Waals surface area contributed by atoms with Crippen molar-refractivity contribution in [3.05, 3.63) is 75.8 Å². The average Bonchev–Trinajstić information content (AvgIpc) is 2.46. The van der Waals surface area contributed by atoms with Gasteiger partial charge in [0.2, 0.25) is 0 Å². The molecule has 0 saturated heterocycles. The summed E-state index contributed by atoms with van der Waals surface area (Å²) in [5.74, 6) is 0. The first kappa shape index (κ1) is 13.0. The predicted molar refractivity (Wildman–Crippen MR) is 75.5 cm³/mol. The number of nitro groups is 1. The van der Waals surface area contributed by atoms with E-state index in [4.69, 9.17) is 0 Å². The topological polar surface area (TPSA) is 55.5 Å². The second kappa shape index (κ2) is 5.91. The van der Waals surface area contributed by atoms with Crippen LogP contribution in [0.25, 0.3) is 0 Å². The van der Waals surface area contributed by atoms with Crippen LogP contribution in [0.5, 0.6) is 0 Å². The first-order chi connectivity index (χ1) is 9.16. The van der Waals surface area contributed by atoms with Crippen LogP contribution >= 0.6 is 0 Å². The van der Waals surface area contributed by atoms with Crippen LogP contribution in [0.1, 0.15) is 24.1 Å². The lowest BCUT2D eigenvalue weighted by Gasteiger charge is -2.05. The van der Waals surface area contributed by atoms with Crippen LogP contribution in [0.2, 0.25) is 0 Å². The molecular weight excluding hydrogens is 240 g/mol. The minimum atomic E-state index is -0.409. The molecule has 0 bridgehead atoms. The fourth-order valence-electron chi connectivity index (χ4n) is 1.70. The van der Waals surface area contributed by atoms with E-state index in [-0.39, 0.29) is 11.7 Å². The van der Waals surface area contributed by atoms with Crippen molar-refractivity contribution < 1.29 is 4.92 Å². The quantitative estimate of drug-likeness (QED) is 0.473. The van der Waals surface area contributed by atoms with Crippen LogP contribution in [0.3, 0.4) is 0 Å². The fourth-order valence-corrected chi connectivity index (χ4v) is 1.70. The molecule has 0 aliphatic carbocycles. The van der Waals surface area contributed by atoms with Crippen molar-refractivity contribution in [2.75, 3.05) is 0 Å². The van der Waals surface area contributed by atoms with Gasteiger partial charge in [-0.25, -0.2) is 0 Å². The van der Waals surface area contributed by atoms with E-state index in [9.17, 15) is 10.1 Å². The zero-order valence-corrected chi connectivity index (χ0v) is 10.6. The van der Waals surface area contributed by atoms with Gasteiger partial charge in [0.25, 0.3) is 5.69 Å². The minimum absolute atomic E-state index is 0.0661. The Labute approximate surface area is 111 Å². The molecule has 0 aromatic heterocycles. The number of benzene rings is 2. The first-order valence-corrected chi connectivity index (χ1v) is 5.99. The normalized spacial score (nSPS) is 12.5. The molecule has 0 aliphatic rings. The molecule has 4 heteroatoms. The molecule has 2 rings (SSSR count). The molecule has 19 heavy (non-hydrogen) atoms. The Morgan fingerprint density at radius 1 is 1.11 bits per heavy atom. The van der Waals surface area contributed by atoms with Gasteiger partial charge in [-0.3, -0.25) is 15.1 Å². The second-order valence-corrected chi connectivity index (χ2v) is 4.21. The number of hydrogen-bond donors (Lipinski definition) is 0. The number of hydrogen-bond acceptors (Lipinski definition) is 3. The van der Waals surface area contributed by atoms with Crippen molar-refractivity contribution in [3.8, 4) is 0 Å². The Bertz CT molecular complexity index is 577. The molecule has 0 spiro atoms. The standard InChI is InChI=1S/C15H14N2O2/c1-12(14-5-3-2-4-6-14)16-11-13-7-9-15(10-8-13)17(18)19/h2-12H,1H3/t12-/m0/s1. The largest absolute Gasteiger partial charge is 0.285 e. The highest BCUT2D eigenvalue weighted by molar-refractivity contribution is 5.80. The van der Waals surface area contributed by atoms with Crippen molar-refractivity contribution >= 4 is 11.9 Å². The van der Waals surface area contributed by atoms with Gasteiger partial charge in [0.1, 0.15) is 0 Å². The van der Waals surface area contributed by atoms with E-state index < -0.39 is 4.92 Å². The monoisotopic (exact) mass is 254 g/mol. The molecule has 0 aliphatic heterocycles. The number of rotatable bonds is 4. The summed E-state index contributed by atoms with van der Waals surface area (Å²) in [6.07, 6.45) is 1.74.